The molecule has 1 aromatic heterocycles. The summed E-state index contributed by atoms with van der Waals surface area (Å²) in [6.45, 7) is 2.83. The third-order valence-electron chi connectivity index (χ3n) is 4.48. The first-order valence-electron chi connectivity index (χ1n) is 7.31. The average Bonchev–Trinajstić information content (AvgIpc) is 2.79. The number of hydrogen-bond acceptors (Lipinski definition) is 5. The molecule has 0 aliphatic carbocycles. The lowest BCUT2D eigenvalue weighted by Gasteiger charge is -2.38. The van der Waals surface area contributed by atoms with Crippen LogP contribution >= 0.6 is 0 Å². The summed E-state index contributed by atoms with van der Waals surface area (Å²) in [6.07, 6.45) is 6.08. The zero-order chi connectivity index (χ0) is 14.1. The Labute approximate surface area is 118 Å². The van der Waals surface area contributed by atoms with Gasteiger partial charge < -0.3 is 20.3 Å². The maximum absolute atomic E-state index is 11.2. The molecule has 6 nitrogen and oxygen atoms in total. The number of nitrogens with zero attached hydrogens (tertiary/aromatic N) is 3. The molecule has 108 valence electrons. The fourth-order valence-electron chi connectivity index (χ4n) is 3.66. The highest BCUT2D eigenvalue weighted by Gasteiger charge is 2.37. The number of nitrogens with one attached hydrogen (secondary N) is 1. The Morgan fingerprint density at radius 2 is 2.15 bits per heavy atom. The van der Waals surface area contributed by atoms with Crippen molar-refractivity contribution in [2.45, 2.75) is 50.7 Å². The molecule has 20 heavy (non-hydrogen) atoms. The molecule has 0 spiro atoms. The molecule has 2 saturated heterocycles. The molecule has 2 aliphatic rings. The molecule has 2 bridgehead atoms. The minimum atomic E-state index is -0.381. The number of anilines is 1. The maximum atomic E-state index is 11.2. The summed E-state index contributed by atoms with van der Waals surface area (Å²) >= 11 is 0. The molecule has 0 saturated carbocycles. The predicted octanol–water partition coefficient (Wildman–Crippen LogP) is 2.10. The van der Waals surface area contributed by atoms with E-state index in [2.05, 4.69) is 22.1 Å². The molecule has 3 heterocycles. The van der Waals surface area contributed by atoms with E-state index in [0.717, 1.165) is 19.4 Å². The van der Waals surface area contributed by atoms with Gasteiger partial charge in [-0.2, -0.15) is 0 Å². The van der Waals surface area contributed by atoms with E-state index in [1.165, 1.54) is 19.0 Å². The van der Waals surface area contributed by atoms with Crippen molar-refractivity contribution in [3.05, 3.63) is 28.4 Å². The van der Waals surface area contributed by atoms with Crippen molar-refractivity contribution in [1.82, 2.24) is 10.3 Å². The predicted molar refractivity (Wildman–Crippen MR) is 76.9 cm³/mol. The van der Waals surface area contributed by atoms with Crippen molar-refractivity contribution in [2.24, 2.45) is 0 Å². The number of piperidine rings is 1. The summed E-state index contributed by atoms with van der Waals surface area (Å²) < 4.78 is 0. The third-order valence-corrected chi connectivity index (χ3v) is 4.48. The van der Waals surface area contributed by atoms with Gasteiger partial charge in [0.2, 0.25) is 0 Å². The summed E-state index contributed by atoms with van der Waals surface area (Å²) in [7, 11) is 0. The van der Waals surface area contributed by atoms with Crippen LogP contribution in [0.4, 0.5) is 11.5 Å². The molecule has 3 rings (SSSR count). The first-order chi connectivity index (χ1) is 9.69. The van der Waals surface area contributed by atoms with Crippen LogP contribution < -0.4 is 10.2 Å². The van der Waals surface area contributed by atoms with Crippen molar-refractivity contribution in [2.75, 3.05) is 11.4 Å². The van der Waals surface area contributed by atoms with Gasteiger partial charge in [0.1, 0.15) is 11.9 Å². The lowest BCUT2D eigenvalue weighted by atomic mass is 9.97. The summed E-state index contributed by atoms with van der Waals surface area (Å²) in [5.74, 6) is -0.0276. The monoisotopic (exact) mass is 276 g/mol. The van der Waals surface area contributed by atoms with Crippen LogP contribution in [0, 0.1) is 10.1 Å². The van der Waals surface area contributed by atoms with Crippen molar-refractivity contribution in [1.29, 1.82) is 0 Å². The fraction of sp³-hybridized carbons (Fsp3) is 0.643. The summed E-state index contributed by atoms with van der Waals surface area (Å²) in [4.78, 5) is 16.9. The number of hydrogen-bond donors (Lipinski definition) is 1. The second-order valence-electron chi connectivity index (χ2n) is 5.65. The molecular weight excluding hydrogens is 256 g/mol. The molecule has 1 aromatic rings. The summed E-state index contributed by atoms with van der Waals surface area (Å²) in [6, 6.07) is 5.12. The van der Waals surface area contributed by atoms with Crippen molar-refractivity contribution in [3.63, 3.8) is 0 Å². The van der Waals surface area contributed by atoms with Gasteiger partial charge in [-0.15, -0.1) is 0 Å². The summed E-state index contributed by atoms with van der Waals surface area (Å²) in [5, 5.41) is 14.8. The van der Waals surface area contributed by atoms with Crippen LogP contribution in [0.3, 0.4) is 0 Å². The fourth-order valence-corrected chi connectivity index (χ4v) is 3.66. The molecule has 0 amide bonds. The Hall–Kier alpha value is -1.69. The third kappa shape index (κ3) is 2.35. The van der Waals surface area contributed by atoms with Crippen LogP contribution in [0.1, 0.15) is 32.6 Å². The highest BCUT2D eigenvalue weighted by molar-refractivity contribution is 5.59. The molecule has 0 aromatic carbocycles. The van der Waals surface area contributed by atoms with Gasteiger partial charge in [0.25, 0.3) is 0 Å². The van der Waals surface area contributed by atoms with E-state index in [9.17, 15) is 10.1 Å². The Balaban J connectivity index is 1.88. The van der Waals surface area contributed by atoms with E-state index in [0.29, 0.717) is 23.8 Å². The molecule has 2 atom stereocenters. The van der Waals surface area contributed by atoms with E-state index in [-0.39, 0.29) is 10.7 Å². The van der Waals surface area contributed by atoms with Crippen LogP contribution in [0.25, 0.3) is 0 Å². The molecule has 0 radical (unpaired) electrons. The Bertz CT molecular complexity index is 496. The topological polar surface area (TPSA) is 71.3 Å². The van der Waals surface area contributed by atoms with Crippen LogP contribution in [0.2, 0.25) is 0 Å². The van der Waals surface area contributed by atoms with Crippen molar-refractivity contribution in [3.8, 4) is 0 Å². The molecule has 2 aliphatic heterocycles. The zero-order valence-electron chi connectivity index (χ0n) is 11.7. The lowest BCUT2D eigenvalue weighted by molar-refractivity contribution is -0.388. The van der Waals surface area contributed by atoms with Crippen molar-refractivity contribution >= 4 is 11.5 Å². The van der Waals surface area contributed by atoms with E-state index < -0.39 is 0 Å². The molecular formula is C14H20N4O2. The summed E-state index contributed by atoms with van der Waals surface area (Å²) in [5.41, 5.74) is 0.659. The Morgan fingerprint density at radius 1 is 1.45 bits per heavy atom. The lowest BCUT2D eigenvalue weighted by Crippen LogP contribution is -2.48. The van der Waals surface area contributed by atoms with Gasteiger partial charge in [-0.25, -0.2) is 0 Å². The zero-order valence-corrected chi connectivity index (χ0v) is 11.7. The van der Waals surface area contributed by atoms with Crippen LogP contribution in [-0.2, 0) is 0 Å². The van der Waals surface area contributed by atoms with Gasteiger partial charge in [-0.1, -0.05) is 0 Å². The number of fused-ring (bicyclic) bond motifs is 2. The second-order valence-corrected chi connectivity index (χ2v) is 5.65. The second kappa shape index (κ2) is 5.36. The first kappa shape index (κ1) is 13.3. The van der Waals surface area contributed by atoms with Gasteiger partial charge in [0.15, 0.2) is 0 Å². The number of rotatable bonds is 4. The largest absolute Gasteiger partial charge is 0.387 e. The number of aromatic nitrogens is 1. The normalized spacial score (nSPS) is 28.4. The van der Waals surface area contributed by atoms with Gasteiger partial charge in [0, 0.05) is 24.7 Å². The molecule has 6 heteroatoms. The quantitative estimate of drug-likeness (QED) is 0.673. The van der Waals surface area contributed by atoms with E-state index in [4.69, 9.17) is 0 Å². The molecule has 2 fully saturated rings. The van der Waals surface area contributed by atoms with Crippen LogP contribution in [-0.4, -0.2) is 34.6 Å². The van der Waals surface area contributed by atoms with Crippen molar-refractivity contribution < 1.29 is 4.92 Å². The van der Waals surface area contributed by atoms with Gasteiger partial charge in [0.05, 0.1) is 0 Å². The highest BCUT2D eigenvalue weighted by atomic mass is 16.6. The Morgan fingerprint density at radius 3 is 2.75 bits per heavy atom. The van der Waals surface area contributed by atoms with E-state index in [1.54, 1.807) is 6.07 Å². The Kier molecular flexibility index (Phi) is 3.56. The van der Waals surface area contributed by atoms with Gasteiger partial charge >= 0.3 is 5.82 Å². The van der Waals surface area contributed by atoms with Crippen LogP contribution in [0.15, 0.2) is 18.3 Å². The van der Waals surface area contributed by atoms with Gasteiger partial charge in [-0.3, -0.25) is 0 Å². The number of nitro groups is 1. The van der Waals surface area contributed by atoms with Gasteiger partial charge in [-0.05, 0) is 54.6 Å². The van der Waals surface area contributed by atoms with E-state index >= 15 is 0 Å². The highest BCUT2D eigenvalue weighted by Crippen LogP contribution is 2.34. The minimum absolute atomic E-state index is 0.0276. The molecule has 2 unspecified atom stereocenters. The first-order valence-corrected chi connectivity index (χ1v) is 7.31. The standard InChI is InChI=1S/C14H20N4O2/c1-2-17(12-8-10-5-6-11(9-12)16-10)13-4-3-7-15-14(13)18(19)20/h3-4,7,10-12,16H,2,5-6,8-9H2,1H3. The smallest absolute Gasteiger partial charge is 0.362 e. The van der Waals surface area contributed by atoms with E-state index in [1.807, 2.05) is 6.07 Å². The number of pyridine rings is 1. The molecule has 1 N–H and O–H groups in total. The maximum Gasteiger partial charge on any atom is 0.387 e. The SMILES string of the molecule is CCN(c1cccnc1[N+](=O)[O-])C1CC2CCC(C1)N2. The van der Waals surface area contributed by atoms with Crippen LogP contribution in [0.5, 0.6) is 0 Å². The minimum Gasteiger partial charge on any atom is -0.362 e. The average molecular weight is 276 g/mol.